The number of rotatable bonds is 5. The number of hydrogen-bond acceptors (Lipinski definition) is 5. The fourth-order valence-electron chi connectivity index (χ4n) is 3.48. The van der Waals surface area contributed by atoms with Crippen LogP contribution in [0.15, 0.2) is 72.8 Å². The summed E-state index contributed by atoms with van der Waals surface area (Å²) in [7, 11) is 0. The van der Waals surface area contributed by atoms with Gasteiger partial charge in [0.05, 0.1) is 11.6 Å². The van der Waals surface area contributed by atoms with E-state index in [1.165, 1.54) is 6.07 Å². The van der Waals surface area contributed by atoms with Gasteiger partial charge >= 0.3 is 5.97 Å². The van der Waals surface area contributed by atoms with E-state index in [-0.39, 0.29) is 17.1 Å². The minimum atomic E-state index is -1.05. The number of carboxylic acid groups (broad SMARTS) is 1. The third-order valence-corrected chi connectivity index (χ3v) is 5.00. The number of nitrogens with one attached hydrogen (secondary N) is 1. The number of fused-ring (bicyclic) bond motifs is 1. The summed E-state index contributed by atoms with van der Waals surface area (Å²) in [5, 5.41) is 34.3. The number of aromatic carboxylic acids is 1. The molecule has 1 heterocycles. The molecular formula is C24H20N2O4. The van der Waals surface area contributed by atoms with Gasteiger partial charge in [-0.15, -0.1) is 0 Å². The van der Waals surface area contributed by atoms with Crippen LogP contribution in [-0.4, -0.2) is 26.3 Å². The summed E-state index contributed by atoms with van der Waals surface area (Å²) < 4.78 is 0. The SMILES string of the molecule is Cc1ccc2ccc([C@H](Nc3ccccc3C(=O)O)c3ccc(O)cc3)c(O)c2n1. The molecule has 0 aliphatic carbocycles. The van der Waals surface area contributed by atoms with Crippen molar-refractivity contribution in [2.75, 3.05) is 5.32 Å². The minimum Gasteiger partial charge on any atom is -0.508 e. The van der Waals surface area contributed by atoms with Crippen molar-refractivity contribution in [2.24, 2.45) is 0 Å². The van der Waals surface area contributed by atoms with Crippen molar-refractivity contribution in [3.63, 3.8) is 0 Å². The second-order valence-corrected chi connectivity index (χ2v) is 7.05. The Morgan fingerprint density at radius 1 is 0.933 bits per heavy atom. The Labute approximate surface area is 173 Å². The summed E-state index contributed by atoms with van der Waals surface area (Å²) in [6.07, 6.45) is 0. The number of aromatic nitrogens is 1. The number of pyridine rings is 1. The summed E-state index contributed by atoms with van der Waals surface area (Å²) in [6, 6.07) is 20.0. The summed E-state index contributed by atoms with van der Waals surface area (Å²) >= 11 is 0. The third kappa shape index (κ3) is 3.63. The van der Waals surface area contributed by atoms with Gasteiger partial charge in [0.1, 0.15) is 17.0 Å². The molecule has 0 radical (unpaired) electrons. The van der Waals surface area contributed by atoms with Crippen LogP contribution in [0.4, 0.5) is 5.69 Å². The standard InChI is InChI=1S/C24H20N2O4/c1-14-6-7-16-10-13-19(23(28)22(16)25-14)21(15-8-11-17(27)12-9-15)26-20-5-3-2-4-18(20)24(29)30/h2-13,21,26-28H,1H3,(H,29,30)/t21-/m1/s1. The third-order valence-electron chi connectivity index (χ3n) is 5.00. The van der Waals surface area contributed by atoms with Crippen LogP contribution in [0.25, 0.3) is 10.9 Å². The molecule has 6 nitrogen and oxygen atoms in total. The van der Waals surface area contributed by atoms with Crippen molar-refractivity contribution in [3.8, 4) is 11.5 Å². The van der Waals surface area contributed by atoms with Crippen molar-refractivity contribution in [1.82, 2.24) is 4.98 Å². The maximum Gasteiger partial charge on any atom is 0.337 e. The Bertz CT molecular complexity index is 1240. The molecule has 4 aromatic rings. The summed E-state index contributed by atoms with van der Waals surface area (Å²) in [5.74, 6) is -0.916. The maximum absolute atomic E-state index is 11.7. The van der Waals surface area contributed by atoms with Gasteiger partial charge in [-0.05, 0) is 42.8 Å². The highest BCUT2D eigenvalue weighted by Crippen LogP contribution is 2.37. The van der Waals surface area contributed by atoms with Crippen molar-refractivity contribution in [3.05, 3.63) is 95.2 Å². The number of anilines is 1. The fraction of sp³-hybridized carbons (Fsp3) is 0.0833. The molecule has 0 bridgehead atoms. The maximum atomic E-state index is 11.7. The number of aryl methyl sites for hydroxylation is 1. The fourth-order valence-corrected chi connectivity index (χ4v) is 3.48. The zero-order valence-electron chi connectivity index (χ0n) is 16.2. The van der Waals surface area contributed by atoms with E-state index >= 15 is 0 Å². The second-order valence-electron chi connectivity index (χ2n) is 7.05. The summed E-state index contributed by atoms with van der Waals surface area (Å²) in [4.78, 5) is 16.1. The highest BCUT2D eigenvalue weighted by Gasteiger charge is 2.22. The van der Waals surface area contributed by atoms with Gasteiger partial charge in [-0.25, -0.2) is 9.78 Å². The van der Waals surface area contributed by atoms with Gasteiger partial charge in [0.15, 0.2) is 0 Å². The molecule has 0 unspecified atom stereocenters. The minimum absolute atomic E-state index is 0.0228. The molecule has 1 aromatic heterocycles. The van der Waals surface area contributed by atoms with Crippen molar-refractivity contribution in [2.45, 2.75) is 13.0 Å². The monoisotopic (exact) mass is 400 g/mol. The van der Waals surface area contributed by atoms with E-state index in [9.17, 15) is 20.1 Å². The lowest BCUT2D eigenvalue weighted by Gasteiger charge is -2.23. The van der Waals surface area contributed by atoms with Crippen LogP contribution in [0.5, 0.6) is 11.5 Å². The molecule has 0 saturated carbocycles. The van der Waals surface area contributed by atoms with Gasteiger partial charge in [0, 0.05) is 22.3 Å². The summed E-state index contributed by atoms with van der Waals surface area (Å²) in [5.41, 5.74) is 3.09. The molecule has 1 atom stereocenters. The first kappa shape index (κ1) is 19.3. The number of para-hydroxylation sites is 1. The Kier molecular flexibility index (Phi) is 4.98. The molecule has 0 aliphatic rings. The quantitative estimate of drug-likeness (QED) is 0.382. The van der Waals surface area contributed by atoms with E-state index in [1.807, 2.05) is 25.1 Å². The lowest BCUT2D eigenvalue weighted by atomic mass is 9.95. The number of benzene rings is 3. The predicted octanol–water partition coefficient (Wildman–Crippen LogP) is 4.85. The molecule has 30 heavy (non-hydrogen) atoms. The van der Waals surface area contributed by atoms with Crippen LogP contribution < -0.4 is 5.32 Å². The number of carbonyl (C=O) groups is 1. The van der Waals surface area contributed by atoms with Gasteiger partial charge in [-0.2, -0.15) is 0 Å². The first-order valence-corrected chi connectivity index (χ1v) is 9.41. The molecule has 4 N–H and O–H groups in total. The molecular weight excluding hydrogens is 380 g/mol. The number of aromatic hydroxyl groups is 2. The lowest BCUT2D eigenvalue weighted by molar-refractivity contribution is 0.0698. The Morgan fingerprint density at radius 2 is 1.63 bits per heavy atom. The average molecular weight is 400 g/mol. The lowest BCUT2D eigenvalue weighted by Crippen LogP contribution is -2.15. The first-order chi connectivity index (χ1) is 14.4. The van der Waals surface area contributed by atoms with Crippen molar-refractivity contribution in [1.29, 1.82) is 0 Å². The Morgan fingerprint density at radius 3 is 2.37 bits per heavy atom. The highest BCUT2D eigenvalue weighted by molar-refractivity contribution is 5.94. The molecule has 150 valence electrons. The van der Waals surface area contributed by atoms with Crippen molar-refractivity contribution >= 4 is 22.6 Å². The number of carboxylic acids is 1. The second kappa shape index (κ2) is 7.75. The Hall–Kier alpha value is -4.06. The predicted molar refractivity (Wildman–Crippen MR) is 115 cm³/mol. The number of phenolic OH excluding ortho intramolecular Hbond substituents is 2. The molecule has 0 amide bonds. The van der Waals surface area contributed by atoms with Gasteiger partial charge in [-0.3, -0.25) is 0 Å². The van der Waals surface area contributed by atoms with E-state index < -0.39 is 12.0 Å². The molecule has 0 saturated heterocycles. The average Bonchev–Trinajstić information content (AvgIpc) is 2.74. The van der Waals surface area contributed by atoms with Crippen molar-refractivity contribution < 1.29 is 20.1 Å². The molecule has 0 fully saturated rings. The van der Waals surface area contributed by atoms with Gasteiger partial charge in [-0.1, -0.05) is 42.5 Å². The number of hydrogen-bond donors (Lipinski definition) is 4. The largest absolute Gasteiger partial charge is 0.508 e. The molecule has 0 spiro atoms. The van der Waals surface area contributed by atoms with E-state index in [4.69, 9.17) is 0 Å². The molecule has 0 aliphatic heterocycles. The molecule has 4 rings (SSSR count). The van der Waals surface area contributed by atoms with E-state index in [1.54, 1.807) is 48.5 Å². The smallest absolute Gasteiger partial charge is 0.337 e. The zero-order valence-corrected chi connectivity index (χ0v) is 16.2. The van der Waals surface area contributed by atoms with Gasteiger partial charge < -0.3 is 20.6 Å². The van der Waals surface area contributed by atoms with Crippen LogP contribution in [0.3, 0.4) is 0 Å². The van der Waals surface area contributed by atoms with Crippen LogP contribution >= 0.6 is 0 Å². The Balaban J connectivity index is 1.89. The zero-order chi connectivity index (χ0) is 21.3. The van der Waals surface area contributed by atoms with E-state index in [0.717, 1.165) is 16.6 Å². The van der Waals surface area contributed by atoms with Crippen LogP contribution in [0.2, 0.25) is 0 Å². The van der Waals surface area contributed by atoms with Gasteiger partial charge in [0.2, 0.25) is 0 Å². The topological polar surface area (TPSA) is 103 Å². The van der Waals surface area contributed by atoms with Gasteiger partial charge in [0.25, 0.3) is 0 Å². The molecule has 6 heteroatoms. The van der Waals surface area contributed by atoms with Crippen LogP contribution in [0.1, 0.15) is 33.2 Å². The van der Waals surface area contributed by atoms with E-state index in [0.29, 0.717) is 16.8 Å². The number of phenols is 2. The van der Waals surface area contributed by atoms with Crippen LogP contribution in [0, 0.1) is 6.92 Å². The summed E-state index contributed by atoms with van der Waals surface area (Å²) in [6.45, 7) is 1.85. The number of nitrogens with zero attached hydrogens (tertiary/aromatic N) is 1. The van der Waals surface area contributed by atoms with Crippen LogP contribution in [-0.2, 0) is 0 Å². The highest BCUT2D eigenvalue weighted by atomic mass is 16.4. The van der Waals surface area contributed by atoms with E-state index in [2.05, 4.69) is 10.3 Å². The molecule has 3 aromatic carbocycles. The first-order valence-electron chi connectivity index (χ1n) is 9.41. The normalized spacial score (nSPS) is 11.9.